The number of rotatable bonds is 7. The molecule has 0 saturated carbocycles. The third kappa shape index (κ3) is 5.19. The van der Waals surface area contributed by atoms with Crippen LogP contribution in [0.4, 0.5) is 8.78 Å². The van der Waals surface area contributed by atoms with E-state index in [0.717, 1.165) is 6.07 Å². The number of halogens is 3. The summed E-state index contributed by atoms with van der Waals surface area (Å²) in [6.45, 7) is 3.44. The third-order valence-electron chi connectivity index (χ3n) is 4.72. The minimum Gasteiger partial charge on any atom is -0.467 e. The van der Waals surface area contributed by atoms with Crippen LogP contribution in [0.15, 0.2) is 12.1 Å². The molecule has 1 heterocycles. The first-order valence-corrected chi connectivity index (χ1v) is 9.31. The van der Waals surface area contributed by atoms with Crippen LogP contribution >= 0.6 is 11.6 Å². The molecule has 0 spiro atoms. The number of likely N-dealkylation sites (tertiary alicyclic amines) is 1. The lowest BCUT2D eigenvalue weighted by atomic mass is 10.0. The molecule has 1 aromatic carbocycles. The number of carbonyl (C=O) groups excluding carboxylic acids is 3. The van der Waals surface area contributed by atoms with E-state index < -0.39 is 35.6 Å². The van der Waals surface area contributed by atoms with E-state index in [1.165, 1.54) is 12.0 Å². The van der Waals surface area contributed by atoms with E-state index in [4.69, 9.17) is 16.3 Å². The molecular weight excluding hydrogens is 394 g/mol. The van der Waals surface area contributed by atoms with Crippen LogP contribution in [0.2, 0.25) is 5.02 Å². The second-order valence-electron chi connectivity index (χ2n) is 7.09. The Morgan fingerprint density at radius 1 is 1.36 bits per heavy atom. The maximum Gasteiger partial charge on any atom is 0.328 e. The molecule has 28 heavy (non-hydrogen) atoms. The van der Waals surface area contributed by atoms with Gasteiger partial charge in [-0.3, -0.25) is 9.59 Å². The van der Waals surface area contributed by atoms with Crippen molar-refractivity contribution in [1.82, 2.24) is 10.2 Å². The van der Waals surface area contributed by atoms with Gasteiger partial charge >= 0.3 is 5.97 Å². The van der Waals surface area contributed by atoms with Crippen LogP contribution in [0.3, 0.4) is 0 Å². The zero-order chi connectivity index (χ0) is 21.0. The van der Waals surface area contributed by atoms with E-state index in [1.54, 1.807) is 13.8 Å². The van der Waals surface area contributed by atoms with E-state index in [1.807, 2.05) is 0 Å². The summed E-state index contributed by atoms with van der Waals surface area (Å²) in [6.07, 6.45) is 0.603. The molecule has 6 nitrogen and oxygen atoms in total. The second kappa shape index (κ2) is 9.32. The van der Waals surface area contributed by atoms with Crippen molar-refractivity contribution in [2.75, 3.05) is 7.11 Å². The van der Waals surface area contributed by atoms with Gasteiger partial charge in [-0.25, -0.2) is 13.6 Å². The van der Waals surface area contributed by atoms with Crippen LogP contribution in [0.5, 0.6) is 0 Å². The highest BCUT2D eigenvalue weighted by atomic mass is 35.5. The highest BCUT2D eigenvalue weighted by molar-refractivity contribution is 6.31. The number of carbonyl (C=O) groups is 3. The molecule has 1 saturated heterocycles. The predicted octanol–water partition coefficient (Wildman–Crippen LogP) is 2.81. The maximum atomic E-state index is 13.7. The van der Waals surface area contributed by atoms with Crippen LogP contribution in [0, 0.1) is 17.6 Å². The zero-order valence-corrected chi connectivity index (χ0v) is 16.7. The summed E-state index contributed by atoms with van der Waals surface area (Å²) in [7, 11) is 1.24. The largest absolute Gasteiger partial charge is 0.467 e. The summed E-state index contributed by atoms with van der Waals surface area (Å²) in [5.41, 5.74) is 0.134. The van der Waals surface area contributed by atoms with Crippen molar-refractivity contribution in [2.24, 2.45) is 5.92 Å². The highest BCUT2D eigenvalue weighted by Crippen LogP contribution is 2.28. The van der Waals surface area contributed by atoms with Crippen LogP contribution < -0.4 is 5.32 Å². The number of hydrogen-bond acceptors (Lipinski definition) is 4. The molecule has 0 aromatic heterocycles. The molecular formula is C19H23ClF2N2O4. The normalized spacial score (nSPS) is 17.8. The van der Waals surface area contributed by atoms with Crippen molar-refractivity contribution in [3.63, 3.8) is 0 Å². The molecule has 1 aliphatic rings. The predicted molar refractivity (Wildman–Crippen MR) is 98.3 cm³/mol. The van der Waals surface area contributed by atoms with Gasteiger partial charge in [0.15, 0.2) is 0 Å². The smallest absolute Gasteiger partial charge is 0.328 e. The molecule has 2 atom stereocenters. The average molecular weight is 417 g/mol. The van der Waals surface area contributed by atoms with Crippen molar-refractivity contribution in [2.45, 2.75) is 51.7 Å². The SMILES string of the molecule is COC(=O)[C@@H](NC(=O)C[C@@H]1CCC(=O)N1Cc1cc(F)cc(F)c1Cl)C(C)C. The molecule has 1 fully saturated rings. The first-order chi connectivity index (χ1) is 13.1. The van der Waals surface area contributed by atoms with Gasteiger partial charge in [0.05, 0.1) is 12.1 Å². The monoisotopic (exact) mass is 416 g/mol. The number of amides is 2. The molecule has 0 aliphatic carbocycles. The van der Waals surface area contributed by atoms with Gasteiger partial charge < -0.3 is 15.0 Å². The molecule has 1 aliphatic heterocycles. The van der Waals surface area contributed by atoms with Gasteiger partial charge in [-0.05, 0) is 24.0 Å². The van der Waals surface area contributed by atoms with E-state index in [0.29, 0.717) is 12.5 Å². The van der Waals surface area contributed by atoms with Gasteiger partial charge in [-0.2, -0.15) is 0 Å². The Balaban J connectivity index is 2.10. The summed E-state index contributed by atoms with van der Waals surface area (Å²) >= 11 is 5.89. The first-order valence-electron chi connectivity index (χ1n) is 8.94. The van der Waals surface area contributed by atoms with Gasteiger partial charge in [0.1, 0.15) is 17.7 Å². The molecule has 2 rings (SSSR count). The Kier molecular flexibility index (Phi) is 7.35. The summed E-state index contributed by atoms with van der Waals surface area (Å²) in [6, 6.07) is 0.483. The quantitative estimate of drug-likeness (QED) is 0.548. The second-order valence-corrected chi connectivity index (χ2v) is 7.47. The fourth-order valence-corrected chi connectivity index (χ4v) is 3.37. The Morgan fingerprint density at radius 3 is 2.64 bits per heavy atom. The highest BCUT2D eigenvalue weighted by Gasteiger charge is 2.34. The van der Waals surface area contributed by atoms with E-state index in [2.05, 4.69) is 5.32 Å². The zero-order valence-electron chi connectivity index (χ0n) is 15.9. The van der Waals surface area contributed by atoms with Gasteiger partial charge in [0.2, 0.25) is 11.8 Å². The first kappa shape index (κ1) is 22.1. The van der Waals surface area contributed by atoms with Crippen LogP contribution in [-0.2, 0) is 25.7 Å². The fraction of sp³-hybridized carbons (Fsp3) is 0.526. The van der Waals surface area contributed by atoms with Crippen LogP contribution in [-0.4, -0.2) is 41.9 Å². The Morgan fingerprint density at radius 2 is 2.04 bits per heavy atom. The third-order valence-corrected chi connectivity index (χ3v) is 5.14. The Hall–Kier alpha value is -2.22. The topological polar surface area (TPSA) is 75.7 Å². The minimum absolute atomic E-state index is 0.0403. The minimum atomic E-state index is -0.907. The number of ether oxygens (including phenoxy) is 1. The van der Waals surface area contributed by atoms with Gasteiger partial charge in [0, 0.05) is 31.5 Å². The average Bonchev–Trinajstić information content (AvgIpc) is 2.96. The molecule has 0 radical (unpaired) electrons. The molecule has 9 heteroatoms. The van der Waals surface area contributed by atoms with Crippen molar-refractivity contribution < 1.29 is 27.9 Å². The molecule has 2 amide bonds. The van der Waals surface area contributed by atoms with Crippen LogP contribution in [0.1, 0.15) is 38.7 Å². The number of hydrogen-bond donors (Lipinski definition) is 1. The lowest BCUT2D eigenvalue weighted by Crippen LogP contribution is -2.47. The number of esters is 1. The summed E-state index contributed by atoms with van der Waals surface area (Å²) < 4.78 is 31.9. The number of nitrogens with one attached hydrogen (secondary N) is 1. The summed E-state index contributed by atoms with van der Waals surface area (Å²) in [5, 5.41) is 2.37. The van der Waals surface area contributed by atoms with Gasteiger partial charge in [0.25, 0.3) is 0 Å². The number of methoxy groups -OCH3 is 1. The molecule has 0 bridgehead atoms. The molecule has 154 valence electrons. The molecule has 1 N–H and O–H groups in total. The Bertz CT molecular complexity index is 773. The lowest BCUT2D eigenvalue weighted by Gasteiger charge is -2.26. The van der Waals surface area contributed by atoms with Crippen molar-refractivity contribution in [3.05, 3.63) is 34.4 Å². The number of nitrogens with zero attached hydrogens (tertiary/aromatic N) is 1. The van der Waals surface area contributed by atoms with Crippen molar-refractivity contribution in [3.8, 4) is 0 Å². The van der Waals surface area contributed by atoms with Gasteiger partial charge in [-0.15, -0.1) is 0 Å². The number of benzene rings is 1. The molecule has 1 aromatic rings. The standard InChI is InChI=1S/C19H23ClF2N2O4/c1-10(2)18(19(27)28-3)23-15(25)8-13-4-5-16(26)24(13)9-11-6-12(21)7-14(22)17(11)20/h6-7,10,13,18H,4-5,8-9H2,1-3H3,(H,23,25)/t13-,18-/m0/s1. The van der Waals surface area contributed by atoms with Crippen molar-refractivity contribution in [1.29, 1.82) is 0 Å². The fourth-order valence-electron chi connectivity index (χ4n) is 3.20. The molecule has 0 unspecified atom stereocenters. The van der Waals surface area contributed by atoms with Gasteiger partial charge in [-0.1, -0.05) is 25.4 Å². The summed E-state index contributed by atoms with van der Waals surface area (Å²) in [4.78, 5) is 37.8. The Labute approximate surface area is 167 Å². The lowest BCUT2D eigenvalue weighted by molar-refractivity contribution is -0.146. The van der Waals surface area contributed by atoms with E-state index in [9.17, 15) is 23.2 Å². The van der Waals surface area contributed by atoms with Crippen molar-refractivity contribution >= 4 is 29.4 Å². The maximum absolute atomic E-state index is 13.7. The van der Waals surface area contributed by atoms with E-state index >= 15 is 0 Å². The van der Waals surface area contributed by atoms with E-state index in [-0.39, 0.29) is 41.8 Å². The van der Waals surface area contributed by atoms with Crippen LogP contribution in [0.25, 0.3) is 0 Å². The summed E-state index contributed by atoms with van der Waals surface area (Å²) in [5.74, 6) is -3.07.